The molecule has 0 saturated carbocycles. The minimum atomic E-state index is -4.42. The lowest BCUT2D eigenvalue weighted by atomic mass is 10.1. The molecular weight excluding hydrogens is 359 g/mol. The largest absolute Gasteiger partial charge is 0.461 e. The number of aryl methyl sites for hydroxylation is 1. The van der Waals surface area contributed by atoms with E-state index in [-0.39, 0.29) is 11.3 Å². The molecule has 120 valence electrons. The number of nitrogens with zero attached hydrogens (tertiary/aromatic N) is 1. The molecule has 0 spiro atoms. The van der Waals surface area contributed by atoms with Crippen LogP contribution in [0, 0.1) is 0 Å². The third kappa shape index (κ3) is 4.36. The highest BCUT2D eigenvalue weighted by Crippen LogP contribution is 2.39. The number of halogens is 4. The second-order valence-corrected chi connectivity index (χ2v) is 6.28. The van der Waals surface area contributed by atoms with Crippen molar-refractivity contribution in [3.63, 3.8) is 0 Å². The molecule has 2 aromatic rings. The Morgan fingerprint density at radius 1 is 1.14 bits per heavy atom. The van der Waals surface area contributed by atoms with Crippen molar-refractivity contribution in [1.29, 1.82) is 0 Å². The first-order valence-electron chi connectivity index (χ1n) is 6.88. The molecule has 1 aromatic carbocycles. The molecule has 0 aliphatic rings. The van der Waals surface area contributed by atoms with E-state index < -0.39 is 11.7 Å². The first-order valence-corrected chi connectivity index (χ1v) is 7.67. The van der Waals surface area contributed by atoms with Crippen LogP contribution in [0.4, 0.5) is 13.2 Å². The second-order valence-electron chi connectivity index (χ2n) is 5.36. The van der Waals surface area contributed by atoms with E-state index >= 15 is 0 Å². The number of furan rings is 1. The minimum absolute atomic E-state index is 0.0644. The Hall–Kier alpha value is -1.27. The summed E-state index contributed by atoms with van der Waals surface area (Å²) in [5.41, 5.74) is -0.634. The fourth-order valence-corrected chi connectivity index (χ4v) is 2.55. The highest BCUT2D eigenvalue weighted by Gasteiger charge is 2.34. The van der Waals surface area contributed by atoms with Crippen LogP contribution < -0.4 is 0 Å². The molecule has 0 bridgehead atoms. The van der Waals surface area contributed by atoms with Crippen molar-refractivity contribution in [2.45, 2.75) is 19.0 Å². The van der Waals surface area contributed by atoms with E-state index in [1.54, 1.807) is 18.2 Å². The van der Waals surface area contributed by atoms with Gasteiger partial charge in [-0.05, 0) is 57.4 Å². The maximum Gasteiger partial charge on any atom is 0.417 e. The smallest absolute Gasteiger partial charge is 0.417 e. The van der Waals surface area contributed by atoms with E-state index in [1.807, 2.05) is 14.1 Å². The van der Waals surface area contributed by atoms with Gasteiger partial charge in [0.1, 0.15) is 11.5 Å². The molecule has 22 heavy (non-hydrogen) atoms. The van der Waals surface area contributed by atoms with E-state index in [0.29, 0.717) is 16.7 Å². The normalized spacial score (nSPS) is 12.1. The van der Waals surface area contributed by atoms with Crippen LogP contribution in [-0.2, 0) is 12.6 Å². The lowest BCUT2D eigenvalue weighted by Gasteiger charge is -2.11. The fourth-order valence-electron chi connectivity index (χ4n) is 2.19. The summed E-state index contributed by atoms with van der Waals surface area (Å²) < 4.78 is 45.4. The van der Waals surface area contributed by atoms with Crippen molar-refractivity contribution in [2.24, 2.45) is 0 Å². The van der Waals surface area contributed by atoms with Crippen molar-refractivity contribution >= 4 is 15.9 Å². The molecular formula is C16H17BrF3NO. The Morgan fingerprint density at radius 2 is 1.86 bits per heavy atom. The topological polar surface area (TPSA) is 16.4 Å². The van der Waals surface area contributed by atoms with E-state index in [2.05, 4.69) is 20.8 Å². The Labute approximate surface area is 136 Å². The van der Waals surface area contributed by atoms with Crippen molar-refractivity contribution in [3.8, 4) is 11.3 Å². The van der Waals surface area contributed by atoms with Gasteiger partial charge in [0.2, 0.25) is 0 Å². The fraction of sp³-hybridized carbons (Fsp3) is 0.375. The zero-order valence-corrected chi connectivity index (χ0v) is 14.0. The lowest BCUT2D eigenvalue weighted by Crippen LogP contribution is -2.13. The predicted octanol–water partition coefficient (Wildman–Crippen LogP) is 5.22. The predicted molar refractivity (Wildman–Crippen MR) is 83.7 cm³/mol. The van der Waals surface area contributed by atoms with Gasteiger partial charge in [0, 0.05) is 16.5 Å². The quantitative estimate of drug-likeness (QED) is 0.711. The molecule has 0 radical (unpaired) electrons. The molecule has 0 amide bonds. The van der Waals surface area contributed by atoms with Gasteiger partial charge in [0.15, 0.2) is 0 Å². The van der Waals surface area contributed by atoms with Crippen LogP contribution in [0.25, 0.3) is 11.3 Å². The molecule has 1 heterocycles. The van der Waals surface area contributed by atoms with Gasteiger partial charge >= 0.3 is 6.18 Å². The maximum atomic E-state index is 13.1. The van der Waals surface area contributed by atoms with Crippen molar-refractivity contribution < 1.29 is 17.6 Å². The van der Waals surface area contributed by atoms with Gasteiger partial charge in [-0.25, -0.2) is 0 Å². The number of benzene rings is 1. The molecule has 0 N–H and O–H groups in total. The van der Waals surface area contributed by atoms with Gasteiger partial charge < -0.3 is 9.32 Å². The molecule has 0 saturated heterocycles. The lowest BCUT2D eigenvalue weighted by molar-refractivity contribution is -0.137. The monoisotopic (exact) mass is 375 g/mol. The zero-order valence-electron chi connectivity index (χ0n) is 12.4. The Kier molecular flexibility index (Phi) is 5.34. The molecule has 2 nitrogen and oxygen atoms in total. The van der Waals surface area contributed by atoms with Crippen LogP contribution in [0.5, 0.6) is 0 Å². The van der Waals surface area contributed by atoms with Crippen LogP contribution >= 0.6 is 15.9 Å². The molecule has 0 fully saturated rings. The van der Waals surface area contributed by atoms with Crippen LogP contribution in [0.1, 0.15) is 17.7 Å². The molecule has 0 unspecified atom stereocenters. The summed E-state index contributed by atoms with van der Waals surface area (Å²) in [6.07, 6.45) is -2.82. The minimum Gasteiger partial charge on any atom is -0.461 e. The van der Waals surface area contributed by atoms with E-state index in [1.165, 1.54) is 6.07 Å². The number of alkyl halides is 3. The SMILES string of the molecule is CN(C)CCCc1ccc(-c2ccc(Br)cc2C(F)(F)F)o1. The summed E-state index contributed by atoms with van der Waals surface area (Å²) in [6.45, 7) is 0.905. The van der Waals surface area contributed by atoms with E-state index in [0.717, 1.165) is 19.0 Å². The molecule has 0 aliphatic heterocycles. The average molecular weight is 376 g/mol. The summed E-state index contributed by atoms with van der Waals surface area (Å²) >= 11 is 3.08. The number of rotatable bonds is 5. The van der Waals surface area contributed by atoms with Crippen LogP contribution in [-0.4, -0.2) is 25.5 Å². The number of hydrogen-bond acceptors (Lipinski definition) is 2. The summed E-state index contributed by atoms with van der Waals surface area (Å²) in [6, 6.07) is 7.42. The van der Waals surface area contributed by atoms with Gasteiger partial charge in [0.25, 0.3) is 0 Å². The molecule has 1 aromatic heterocycles. The molecule has 0 atom stereocenters. The summed E-state index contributed by atoms with van der Waals surface area (Å²) in [5, 5.41) is 0. The average Bonchev–Trinajstić information content (AvgIpc) is 2.86. The zero-order chi connectivity index (χ0) is 16.3. The second kappa shape index (κ2) is 6.87. The van der Waals surface area contributed by atoms with Crippen LogP contribution in [0.3, 0.4) is 0 Å². The van der Waals surface area contributed by atoms with Crippen molar-refractivity contribution in [3.05, 3.63) is 46.1 Å². The third-order valence-corrected chi connectivity index (χ3v) is 3.74. The number of hydrogen-bond donors (Lipinski definition) is 0. The highest BCUT2D eigenvalue weighted by atomic mass is 79.9. The summed E-state index contributed by atoms with van der Waals surface area (Å²) in [4.78, 5) is 2.06. The van der Waals surface area contributed by atoms with Crippen molar-refractivity contribution in [2.75, 3.05) is 20.6 Å². The van der Waals surface area contributed by atoms with Crippen LogP contribution in [0.15, 0.2) is 39.2 Å². The first kappa shape index (κ1) is 17.1. The van der Waals surface area contributed by atoms with Gasteiger partial charge in [-0.1, -0.05) is 15.9 Å². The summed E-state index contributed by atoms with van der Waals surface area (Å²) in [7, 11) is 3.95. The highest BCUT2D eigenvalue weighted by molar-refractivity contribution is 9.10. The maximum absolute atomic E-state index is 13.1. The summed E-state index contributed by atoms with van der Waals surface area (Å²) in [5.74, 6) is 0.951. The third-order valence-electron chi connectivity index (χ3n) is 3.24. The Bertz CT molecular complexity index is 635. The van der Waals surface area contributed by atoms with Crippen LogP contribution in [0.2, 0.25) is 0 Å². The molecule has 0 aliphatic carbocycles. The first-order chi connectivity index (χ1) is 10.3. The van der Waals surface area contributed by atoms with E-state index in [9.17, 15) is 13.2 Å². The standard InChI is InChI=1S/C16H17BrF3NO/c1-21(2)9-3-4-12-6-8-15(22-12)13-7-5-11(17)10-14(13)16(18,19)20/h5-8,10H,3-4,9H2,1-2H3. The Balaban J connectivity index is 2.24. The van der Waals surface area contributed by atoms with Crippen molar-refractivity contribution in [1.82, 2.24) is 4.90 Å². The van der Waals surface area contributed by atoms with Gasteiger partial charge in [-0.2, -0.15) is 13.2 Å². The molecule has 6 heteroatoms. The van der Waals surface area contributed by atoms with Gasteiger partial charge in [-0.15, -0.1) is 0 Å². The van der Waals surface area contributed by atoms with Gasteiger partial charge in [0.05, 0.1) is 5.56 Å². The van der Waals surface area contributed by atoms with E-state index in [4.69, 9.17) is 4.42 Å². The van der Waals surface area contributed by atoms with Gasteiger partial charge in [-0.3, -0.25) is 0 Å². The molecule has 2 rings (SSSR count). The Morgan fingerprint density at radius 3 is 2.50 bits per heavy atom.